The van der Waals surface area contributed by atoms with Crippen molar-refractivity contribution < 1.29 is 13.2 Å². The van der Waals surface area contributed by atoms with Crippen LogP contribution in [0.3, 0.4) is 0 Å². The van der Waals surface area contributed by atoms with Crippen molar-refractivity contribution in [1.29, 1.82) is 0 Å². The van der Waals surface area contributed by atoms with Crippen LogP contribution >= 0.6 is 0 Å². The summed E-state index contributed by atoms with van der Waals surface area (Å²) < 4.78 is 26.4. The monoisotopic (exact) mass is 317 g/mol. The normalized spacial score (nSPS) is 13.0. The minimum atomic E-state index is -3.54. The van der Waals surface area contributed by atoms with Crippen molar-refractivity contribution in [3.05, 3.63) is 66.2 Å². The van der Waals surface area contributed by atoms with Crippen LogP contribution in [0.4, 0.5) is 0 Å². The molecule has 22 heavy (non-hydrogen) atoms. The zero-order chi connectivity index (χ0) is 16.0. The summed E-state index contributed by atoms with van der Waals surface area (Å²) in [6, 6.07) is 17.8. The molecule has 5 heteroatoms. The van der Waals surface area contributed by atoms with Crippen molar-refractivity contribution in [3.8, 4) is 0 Å². The molecule has 2 aromatic rings. The van der Waals surface area contributed by atoms with Crippen LogP contribution in [0.5, 0.6) is 0 Å². The molecule has 2 rings (SSSR count). The maximum absolute atomic E-state index is 12.5. The number of likely N-dealkylation sites (N-methyl/N-ethyl adjacent to an activating group) is 1. The van der Waals surface area contributed by atoms with Gasteiger partial charge in [0.25, 0.3) is 0 Å². The third kappa shape index (κ3) is 3.81. The van der Waals surface area contributed by atoms with Gasteiger partial charge in [0, 0.05) is 25.9 Å². The van der Waals surface area contributed by atoms with Gasteiger partial charge in [-0.2, -0.15) is 0 Å². The average molecular weight is 317 g/mol. The van der Waals surface area contributed by atoms with E-state index in [9.17, 15) is 13.2 Å². The van der Waals surface area contributed by atoms with Gasteiger partial charge in [-0.15, -0.1) is 0 Å². The van der Waals surface area contributed by atoms with E-state index in [1.54, 1.807) is 37.4 Å². The van der Waals surface area contributed by atoms with Crippen LogP contribution in [0.25, 0.3) is 0 Å². The van der Waals surface area contributed by atoms with Crippen molar-refractivity contribution in [3.63, 3.8) is 0 Å². The summed E-state index contributed by atoms with van der Waals surface area (Å²) in [6.45, 7) is 0.264. The smallest absolute Gasteiger partial charge is 0.242 e. The van der Waals surface area contributed by atoms with Crippen LogP contribution < -0.4 is 0 Å². The summed E-state index contributed by atoms with van der Waals surface area (Å²) in [5.41, 5.74) is 0.963. The second-order valence-corrected chi connectivity index (χ2v) is 7.15. The zero-order valence-electron chi connectivity index (χ0n) is 12.4. The van der Waals surface area contributed by atoms with Gasteiger partial charge in [-0.25, -0.2) is 12.7 Å². The summed E-state index contributed by atoms with van der Waals surface area (Å²) in [7, 11) is -2.00. The second kappa shape index (κ2) is 7.33. The molecule has 0 aliphatic carbocycles. The van der Waals surface area contributed by atoms with Crippen LogP contribution in [-0.2, 0) is 14.8 Å². The third-order valence-corrected chi connectivity index (χ3v) is 5.42. The van der Waals surface area contributed by atoms with Crippen molar-refractivity contribution in [2.45, 2.75) is 17.2 Å². The number of benzene rings is 2. The Balaban J connectivity index is 2.21. The van der Waals surface area contributed by atoms with E-state index in [-0.39, 0.29) is 17.4 Å². The molecule has 0 fully saturated rings. The first-order chi connectivity index (χ1) is 10.6. The predicted octanol–water partition coefficient (Wildman–Crippen LogP) is 2.68. The van der Waals surface area contributed by atoms with Gasteiger partial charge in [0.15, 0.2) is 0 Å². The van der Waals surface area contributed by atoms with Crippen molar-refractivity contribution in [2.24, 2.45) is 0 Å². The Bertz CT molecular complexity index is 699. The highest BCUT2D eigenvalue weighted by atomic mass is 32.2. The lowest BCUT2D eigenvalue weighted by molar-refractivity contribution is -0.108. The molecule has 116 valence electrons. The Kier molecular flexibility index (Phi) is 5.46. The number of sulfonamides is 1. The highest BCUT2D eigenvalue weighted by molar-refractivity contribution is 7.89. The third-order valence-electron chi connectivity index (χ3n) is 3.58. The molecule has 0 radical (unpaired) electrons. The second-order valence-electron chi connectivity index (χ2n) is 5.11. The first-order valence-electron chi connectivity index (χ1n) is 7.05. The Hall–Kier alpha value is -1.98. The highest BCUT2D eigenvalue weighted by Crippen LogP contribution is 2.22. The molecule has 1 unspecified atom stereocenters. The van der Waals surface area contributed by atoms with Crippen molar-refractivity contribution >= 4 is 16.3 Å². The Morgan fingerprint density at radius 1 is 1.00 bits per heavy atom. The number of aldehydes is 1. The molecule has 0 aliphatic heterocycles. The molecule has 0 bridgehead atoms. The van der Waals surface area contributed by atoms with E-state index in [4.69, 9.17) is 0 Å². The van der Waals surface area contributed by atoms with Crippen LogP contribution in [0, 0.1) is 0 Å². The molecule has 0 N–H and O–H groups in total. The fraction of sp³-hybridized carbons (Fsp3) is 0.235. The molecule has 0 aromatic heterocycles. The molecule has 4 nitrogen and oxygen atoms in total. The van der Waals surface area contributed by atoms with E-state index in [1.807, 2.05) is 30.3 Å². The molecular weight excluding hydrogens is 298 g/mol. The molecule has 0 saturated heterocycles. The average Bonchev–Trinajstić information content (AvgIpc) is 2.56. The maximum atomic E-state index is 12.5. The lowest BCUT2D eigenvalue weighted by Crippen LogP contribution is -2.31. The lowest BCUT2D eigenvalue weighted by Gasteiger charge is -2.23. The fourth-order valence-electron chi connectivity index (χ4n) is 2.34. The molecule has 0 heterocycles. The Labute approximate surface area is 131 Å². The SMILES string of the molecule is CN(CC(CC=O)c1ccccc1)S(=O)(=O)c1ccccc1. The molecule has 2 aromatic carbocycles. The number of nitrogens with zero attached hydrogens (tertiary/aromatic N) is 1. The number of hydrogen-bond donors (Lipinski definition) is 0. The summed E-state index contributed by atoms with van der Waals surface area (Å²) in [5, 5.41) is 0. The van der Waals surface area contributed by atoms with E-state index >= 15 is 0 Å². The predicted molar refractivity (Wildman–Crippen MR) is 86.1 cm³/mol. The van der Waals surface area contributed by atoms with Crippen LogP contribution in [0.1, 0.15) is 17.9 Å². The Morgan fingerprint density at radius 3 is 2.09 bits per heavy atom. The highest BCUT2D eigenvalue weighted by Gasteiger charge is 2.24. The van der Waals surface area contributed by atoms with Gasteiger partial charge in [-0.05, 0) is 17.7 Å². The quantitative estimate of drug-likeness (QED) is 0.738. The zero-order valence-corrected chi connectivity index (χ0v) is 13.2. The summed E-state index contributed by atoms with van der Waals surface area (Å²) in [6.07, 6.45) is 1.12. The molecule has 0 amide bonds. The van der Waals surface area contributed by atoms with Gasteiger partial charge < -0.3 is 4.79 Å². The minimum absolute atomic E-state index is 0.151. The number of carbonyl (C=O) groups excluding carboxylic acids is 1. The van der Waals surface area contributed by atoms with Gasteiger partial charge >= 0.3 is 0 Å². The molecule has 0 saturated carbocycles. The van der Waals surface area contributed by atoms with Crippen LogP contribution in [0.15, 0.2) is 65.6 Å². The first-order valence-corrected chi connectivity index (χ1v) is 8.49. The minimum Gasteiger partial charge on any atom is -0.303 e. The molecular formula is C17H19NO3S. The standard InChI is InChI=1S/C17H19NO3S/c1-18(22(20,21)17-10-6-3-7-11-17)14-16(12-13-19)15-8-4-2-5-9-15/h2-11,13,16H,12,14H2,1H3. The van der Waals surface area contributed by atoms with Crippen molar-refractivity contribution in [2.75, 3.05) is 13.6 Å². The number of rotatable bonds is 7. The maximum Gasteiger partial charge on any atom is 0.242 e. The molecule has 1 atom stereocenters. The lowest BCUT2D eigenvalue weighted by atomic mass is 9.96. The molecule has 0 aliphatic rings. The van der Waals surface area contributed by atoms with E-state index in [0.717, 1.165) is 11.8 Å². The number of hydrogen-bond acceptors (Lipinski definition) is 3. The summed E-state index contributed by atoms with van der Waals surface area (Å²) in [5.74, 6) is -0.151. The summed E-state index contributed by atoms with van der Waals surface area (Å²) in [4.78, 5) is 11.2. The van der Waals surface area contributed by atoms with Gasteiger partial charge in [0.2, 0.25) is 10.0 Å². The van der Waals surface area contributed by atoms with Crippen molar-refractivity contribution in [1.82, 2.24) is 4.31 Å². The van der Waals surface area contributed by atoms with E-state index in [1.165, 1.54) is 4.31 Å². The topological polar surface area (TPSA) is 54.5 Å². The van der Waals surface area contributed by atoms with Gasteiger partial charge in [-0.1, -0.05) is 48.5 Å². The van der Waals surface area contributed by atoms with E-state index in [0.29, 0.717) is 6.42 Å². The first kappa shape index (κ1) is 16.4. The van der Waals surface area contributed by atoms with Crippen LogP contribution in [0.2, 0.25) is 0 Å². The van der Waals surface area contributed by atoms with Gasteiger partial charge in [-0.3, -0.25) is 0 Å². The molecule has 0 spiro atoms. The number of carbonyl (C=O) groups is 1. The van der Waals surface area contributed by atoms with E-state index < -0.39 is 10.0 Å². The Morgan fingerprint density at radius 2 is 1.55 bits per heavy atom. The van der Waals surface area contributed by atoms with Gasteiger partial charge in [0.05, 0.1) is 4.90 Å². The van der Waals surface area contributed by atoms with Gasteiger partial charge in [0.1, 0.15) is 6.29 Å². The van der Waals surface area contributed by atoms with Crippen LogP contribution in [-0.4, -0.2) is 32.6 Å². The summed E-state index contributed by atoms with van der Waals surface area (Å²) >= 11 is 0. The largest absolute Gasteiger partial charge is 0.303 e. The van der Waals surface area contributed by atoms with E-state index in [2.05, 4.69) is 0 Å². The fourth-order valence-corrected chi connectivity index (χ4v) is 3.58.